The summed E-state index contributed by atoms with van der Waals surface area (Å²) >= 11 is 0. The normalized spacial score (nSPS) is 15.6. The van der Waals surface area contributed by atoms with Crippen molar-refractivity contribution >= 4 is 12.0 Å². The topological polar surface area (TPSA) is 67.9 Å². The molecule has 1 aliphatic rings. The summed E-state index contributed by atoms with van der Waals surface area (Å²) in [5.74, 6) is 1.02. The highest BCUT2D eigenvalue weighted by Crippen LogP contribution is 2.19. The van der Waals surface area contributed by atoms with Gasteiger partial charge in [0.2, 0.25) is 0 Å². The van der Waals surface area contributed by atoms with Crippen LogP contribution in [0.1, 0.15) is 58.9 Å². The number of likely N-dealkylation sites (tertiary alicyclic amines) is 1. The van der Waals surface area contributed by atoms with E-state index < -0.39 is 5.60 Å². The molecule has 0 atom stereocenters. The summed E-state index contributed by atoms with van der Waals surface area (Å²) in [6.45, 7) is 11.0. The maximum absolute atomic E-state index is 12.1. The van der Waals surface area contributed by atoms with Gasteiger partial charge in [0.1, 0.15) is 11.4 Å². The van der Waals surface area contributed by atoms with Crippen molar-refractivity contribution < 1.29 is 19.1 Å². The van der Waals surface area contributed by atoms with E-state index in [-0.39, 0.29) is 24.6 Å². The van der Waals surface area contributed by atoms with Crippen molar-refractivity contribution in [3.63, 3.8) is 0 Å². The number of nitrogens with zero attached hydrogens (tertiary/aromatic N) is 1. The Labute approximate surface area is 162 Å². The molecular weight excluding hydrogens is 344 g/mol. The van der Waals surface area contributed by atoms with E-state index in [1.54, 1.807) is 4.90 Å². The fraction of sp³-hybridized carbons (Fsp3) is 0.619. The SMILES string of the molecule is CC(C)c1ccc(OCC(=O)NC2CCN(C(=O)OC(C)(C)C)CC2)cc1. The van der Waals surface area contributed by atoms with Gasteiger partial charge < -0.3 is 19.7 Å². The van der Waals surface area contributed by atoms with E-state index in [2.05, 4.69) is 19.2 Å². The monoisotopic (exact) mass is 376 g/mol. The van der Waals surface area contributed by atoms with Gasteiger partial charge in [-0.3, -0.25) is 4.79 Å². The van der Waals surface area contributed by atoms with Crippen molar-refractivity contribution in [2.24, 2.45) is 0 Å². The van der Waals surface area contributed by atoms with Gasteiger partial charge >= 0.3 is 6.09 Å². The summed E-state index contributed by atoms with van der Waals surface area (Å²) in [5, 5.41) is 2.98. The lowest BCUT2D eigenvalue weighted by atomic mass is 10.0. The van der Waals surface area contributed by atoms with Gasteiger partial charge in [0.25, 0.3) is 5.91 Å². The second kappa shape index (κ2) is 9.11. The Kier molecular flexibility index (Phi) is 7.11. The lowest BCUT2D eigenvalue weighted by Gasteiger charge is -2.33. The van der Waals surface area contributed by atoms with Crippen molar-refractivity contribution in [2.45, 2.75) is 65.0 Å². The molecule has 0 saturated carbocycles. The molecule has 1 aromatic carbocycles. The predicted molar refractivity (Wildman–Crippen MR) is 105 cm³/mol. The van der Waals surface area contributed by atoms with Crippen molar-refractivity contribution in [2.75, 3.05) is 19.7 Å². The highest BCUT2D eigenvalue weighted by Gasteiger charge is 2.27. The van der Waals surface area contributed by atoms with E-state index in [1.807, 2.05) is 45.0 Å². The van der Waals surface area contributed by atoms with E-state index >= 15 is 0 Å². The zero-order chi connectivity index (χ0) is 20.0. The number of ether oxygens (including phenoxy) is 2. The fourth-order valence-electron chi connectivity index (χ4n) is 2.90. The molecular formula is C21H32N2O4. The first-order valence-electron chi connectivity index (χ1n) is 9.64. The predicted octanol–water partition coefficient (Wildman–Crippen LogP) is 3.70. The molecule has 1 aromatic rings. The van der Waals surface area contributed by atoms with E-state index in [4.69, 9.17) is 9.47 Å². The second-order valence-corrected chi connectivity index (χ2v) is 8.32. The number of rotatable bonds is 5. The largest absolute Gasteiger partial charge is 0.484 e. The highest BCUT2D eigenvalue weighted by molar-refractivity contribution is 5.78. The van der Waals surface area contributed by atoms with E-state index in [1.165, 1.54) is 5.56 Å². The van der Waals surface area contributed by atoms with Gasteiger partial charge in [-0.2, -0.15) is 0 Å². The van der Waals surface area contributed by atoms with E-state index in [9.17, 15) is 9.59 Å². The molecule has 6 nitrogen and oxygen atoms in total. The van der Waals surface area contributed by atoms with Crippen molar-refractivity contribution in [1.29, 1.82) is 0 Å². The van der Waals surface area contributed by atoms with Gasteiger partial charge in [-0.25, -0.2) is 4.79 Å². The van der Waals surface area contributed by atoms with Crippen LogP contribution >= 0.6 is 0 Å². The van der Waals surface area contributed by atoms with Crippen LogP contribution in [-0.2, 0) is 9.53 Å². The van der Waals surface area contributed by atoms with Crippen LogP contribution in [0.25, 0.3) is 0 Å². The summed E-state index contributed by atoms with van der Waals surface area (Å²) in [6, 6.07) is 7.88. The van der Waals surface area contributed by atoms with E-state index in [0.29, 0.717) is 37.6 Å². The summed E-state index contributed by atoms with van der Waals surface area (Å²) in [7, 11) is 0. The van der Waals surface area contributed by atoms with Gasteiger partial charge in [0.05, 0.1) is 0 Å². The number of amides is 2. The zero-order valence-corrected chi connectivity index (χ0v) is 17.1. The van der Waals surface area contributed by atoms with Crippen LogP contribution in [0, 0.1) is 0 Å². The molecule has 0 radical (unpaired) electrons. The van der Waals surface area contributed by atoms with Crippen LogP contribution in [0.15, 0.2) is 24.3 Å². The summed E-state index contributed by atoms with van der Waals surface area (Å²) in [4.78, 5) is 25.9. The first-order valence-corrected chi connectivity index (χ1v) is 9.64. The molecule has 1 fully saturated rings. The Bertz CT molecular complexity index is 627. The minimum absolute atomic E-state index is 0.00664. The van der Waals surface area contributed by atoms with Gasteiger partial charge in [-0.15, -0.1) is 0 Å². The number of hydrogen-bond acceptors (Lipinski definition) is 4. The molecule has 0 bridgehead atoms. The number of nitrogens with one attached hydrogen (secondary N) is 1. The summed E-state index contributed by atoms with van der Waals surface area (Å²) in [5.41, 5.74) is 0.746. The van der Waals surface area contributed by atoms with Crippen LogP contribution in [0.3, 0.4) is 0 Å². The first kappa shape index (κ1) is 21.1. The number of benzene rings is 1. The van der Waals surface area contributed by atoms with Crippen LogP contribution in [0.5, 0.6) is 5.75 Å². The molecule has 0 aromatic heterocycles. The molecule has 1 saturated heterocycles. The maximum atomic E-state index is 12.1. The molecule has 2 amide bonds. The van der Waals surface area contributed by atoms with Gasteiger partial charge in [-0.05, 0) is 57.2 Å². The van der Waals surface area contributed by atoms with Gasteiger partial charge in [-0.1, -0.05) is 26.0 Å². The summed E-state index contributed by atoms with van der Waals surface area (Å²) in [6.07, 6.45) is 1.14. The van der Waals surface area contributed by atoms with Crippen LogP contribution in [-0.4, -0.2) is 48.2 Å². The quantitative estimate of drug-likeness (QED) is 0.851. The standard InChI is InChI=1S/C21H32N2O4/c1-15(2)16-6-8-18(9-7-16)26-14-19(24)22-17-10-12-23(13-11-17)20(25)27-21(3,4)5/h6-9,15,17H,10-14H2,1-5H3,(H,22,24). The average molecular weight is 376 g/mol. The minimum atomic E-state index is -0.493. The second-order valence-electron chi connectivity index (χ2n) is 8.32. The molecule has 1 aliphatic heterocycles. The molecule has 6 heteroatoms. The third kappa shape index (κ3) is 7.12. The third-order valence-corrected chi connectivity index (χ3v) is 4.43. The highest BCUT2D eigenvalue weighted by atomic mass is 16.6. The summed E-state index contributed by atoms with van der Waals surface area (Å²) < 4.78 is 10.9. The number of piperidine rings is 1. The number of carbonyl (C=O) groups is 2. The van der Waals surface area contributed by atoms with Crippen molar-refractivity contribution in [3.8, 4) is 5.75 Å². The lowest BCUT2D eigenvalue weighted by Crippen LogP contribution is -2.48. The van der Waals surface area contributed by atoms with Crippen LogP contribution in [0.4, 0.5) is 4.79 Å². The van der Waals surface area contributed by atoms with Gasteiger partial charge in [0.15, 0.2) is 6.61 Å². The molecule has 2 rings (SSSR count). The maximum Gasteiger partial charge on any atom is 0.410 e. The molecule has 0 unspecified atom stereocenters. The molecule has 1 N–H and O–H groups in total. The zero-order valence-electron chi connectivity index (χ0n) is 17.1. The Morgan fingerprint density at radius 2 is 1.74 bits per heavy atom. The Morgan fingerprint density at radius 1 is 1.15 bits per heavy atom. The molecule has 0 spiro atoms. The van der Waals surface area contributed by atoms with Crippen LogP contribution < -0.4 is 10.1 Å². The van der Waals surface area contributed by atoms with Gasteiger partial charge in [0, 0.05) is 19.1 Å². The van der Waals surface area contributed by atoms with Crippen molar-refractivity contribution in [1.82, 2.24) is 10.2 Å². The van der Waals surface area contributed by atoms with Crippen LogP contribution in [0.2, 0.25) is 0 Å². The van der Waals surface area contributed by atoms with E-state index in [0.717, 1.165) is 0 Å². The minimum Gasteiger partial charge on any atom is -0.484 e. The molecule has 0 aliphatic carbocycles. The third-order valence-electron chi connectivity index (χ3n) is 4.43. The number of hydrogen-bond donors (Lipinski definition) is 1. The smallest absolute Gasteiger partial charge is 0.410 e. The first-order chi connectivity index (χ1) is 12.6. The molecule has 1 heterocycles. The van der Waals surface area contributed by atoms with Crippen molar-refractivity contribution in [3.05, 3.63) is 29.8 Å². The average Bonchev–Trinajstić information content (AvgIpc) is 2.59. The molecule has 150 valence electrons. The number of carbonyl (C=O) groups excluding carboxylic acids is 2. The Balaban J connectivity index is 1.70. The lowest BCUT2D eigenvalue weighted by molar-refractivity contribution is -0.124. The Hall–Kier alpha value is -2.24. The Morgan fingerprint density at radius 3 is 2.26 bits per heavy atom. The molecule has 27 heavy (non-hydrogen) atoms. The fourth-order valence-corrected chi connectivity index (χ4v) is 2.90.